The van der Waals surface area contributed by atoms with Crippen molar-refractivity contribution in [2.24, 2.45) is 0 Å². The largest absolute Gasteiger partial charge is 0.373 e. The molecule has 0 radical (unpaired) electrons. The summed E-state index contributed by atoms with van der Waals surface area (Å²) in [6.07, 6.45) is 0. The molecule has 0 bridgehead atoms. The molecule has 0 heterocycles. The summed E-state index contributed by atoms with van der Waals surface area (Å²) < 4.78 is 13.3. The molecule has 1 atom stereocenters. The molecule has 2 rings (SSSR count). The van der Waals surface area contributed by atoms with Crippen molar-refractivity contribution in [2.45, 2.75) is 19.9 Å². The van der Waals surface area contributed by atoms with E-state index in [2.05, 4.69) is 42.3 Å². The second-order valence-corrected chi connectivity index (χ2v) is 5.55. The summed E-state index contributed by atoms with van der Waals surface area (Å²) in [5, 5.41) is 3.34. The van der Waals surface area contributed by atoms with E-state index in [0.717, 1.165) is 12.2 Å². The molecule has 2 aromatic carbocycles. The number of rotatable bonds is 5. The second kappa shape index (κ2) is 6.72. The van der Waals surface area contributed by atoms with Crippen molar-refractivity contribution in [3.8, 4) is 0 Å². The molecule has 0 spiro atoms. The monoisotopic (exact) mass is 286 g/mol. The molecule has 0 saturated heterocycles. The standard InChI is InChI=1S/C18H23FN2/c1-13-8-9-15(10-14(13)2)18(20-3)12-21(4)17-7-5-6-16(19)11-17/h5-11,18,20H,12H2,1-4H3. The Kier molecular flexibility index (Phi) is 4.97. The lowest BCUT2D eigenvalue weighted by Gasteiger charge is -2.26. The molecule has 2 aromatic rings. The van der Waals surface area contributed by atoms with Crippen molar-refractivity contribution >= 4 is 5.69 Å². The maximum Gasteiger partial charge on any atom is 0.125 e. The zero-order valence-corrected chi connectivity index (χ0v) is 13.2. The molecule has 0 aromatic heterocycles. The first-order valence-corrected chi connectivity index (χ1v) is 7.22. The highest BCUT2D eigenvalue weighted by Crippen LogP contribution is 2.21. The van der Waals surface area contributed by atoms with E-state index in [1.165, 1.54) is 22.8 Å². The van der Waals surface area contributed by atoms with E-state index in [0.29, 0.717) is 0 Å². The van der Waals surface area contributed by atoms with E-state index in [1.807, 2.05) is 20.2 Å². The van der Waals surface area contributed by atoms with Gasteiger partial charge >= 0.3 is 0 Å². The fourth-order valence-electron chi connectivity index (χ4n) is 2.44. The number of nitrogens with one attached hydrogen (secondary N) is 1. The van der Waals surface area contributed by atoms with E-state index in [9.17, 15) is 4.39 Å². The van der Waals surface area contributed by atoms with Crippen molar-refractivity contribution in [1.82, 2.24) is 5.32 Å². The van der Waals surface area contributed by atoms with Crippen LogP contribution in [0.2, 0.25) is 0 Å². The molecule has 0 fully saturated rings. The van der Waals surface area contributed by atoms with Gasteiger partial charge in [-0.3, -0.25) is 0 Å². The average molecular weight is 286 g/mol. The molecule has 0 aliphatic heterocycles. The molecule has 0 aliphatic rings. The van der Waals surface area contributed by atoms with Gasteiger partial charge in [0.05, 0.1) is 0 Å². The summed E-state index contributed by atoms with van der Waals surface area (Å²) >= 11 is 0. The lowest BCUT2D eigenvalue weighted by Crippen LogP contribution is -2.31. The SMILES string of the molecule is CNC(CN(C)c1cccc(F)c1)c1ccc(C)c(C)c1. The molecule has 1 unspecified atom stereocenters. The highest BCUT2D eigenvalue weighted by molar-refractivity contribution is 5.46. The molecule has 3 heteroatoms. The number of hydrogen-bond acceptors (Lipinski definition) is 2. The summed E-state index contributed by atoms with van der Waals surface area (Å²) in [6.45, 7) is 5.02. The van der Waals surface area contributed by atoms with Gasteiger partial charge in [0.2, 0.25) is 0 Å². The van der Waals surface area contributed by atoms with Crippen molar-refractivity contribution in [3.05, 3.63) is 65.0 Å². The van der Waals surface area contributed by atoms with Crippen LogP contribution in [0, 0.1) is 19.7 Å². The summed E-state index contributed by atoms with van der Waals surface area (Å²) in [5.74, 6) is -0.202. The maximum absolute atomic E-state index is 13.3. The van der Waals surface area contributed by atoms with Gasteiger partial charge in [-0.05, 0) is 55.8 Å². The quantitative estimate of drug-likeness (QED) is 0.898. The molecule has 0 aliphatic carbocycles. The molecule has 21 heavy (non-hydrogen) atoms. The van der Waals surface area contributed by atoms with Crippen molar-refractivity contribution < 1.29 is 4.39 Å². The van der Waals surface area contributed by atoms with Crippen LogP contribution in [0.25, 0.3) is 0 Å². The van der Waals surface area contributed by atoms with E-state index < -0.39 is 0 Å². The van der Waals surface area contributed by atoms with Crippen molar-refractivity contribution in [3.63, 3.8) is 0 Å². The predicted octanol–water partition coefficient (Wildman–Crippen LogP) is 3.84. The average Bonchev–Trinajstić information content (AvgIpc) is 2.47. The predicted molar refractivity (Wildman–Crippen MR) is 87.4 cm³/mol. The first-order chi connectivity index (χ1) is 10.0. The Labute approximate surface area is 126 Å². The first-order valence-electron chi connectivity index (χ1n) is 7.22. The van der Waals surface area contributed by atoms with Crippen LogP contribution in [0.4, 0.5) is 10.1 Å². The number of likely N-dealkylation sites (N-methyl/N-ethyl adjacent to an activating group) is 2. The molecule has 1 N–H and O–H groups in total. The van der Waals surface area contributed by atoms with Crippen LogP contribution < -0.4 is 10.2 Å². The van der Waals surface area contributed by atoms with Gasteiger partial charge in [0.25, 0.3) is 0 Å². The lowest BCUT2D eigenvalue weighted by atomic mass is 10.0. The van der Waals surface area contributed by atoms with E-state index >= 15 is 0 Å². The third-order valence-electron chi connectivity index (χ3n) is 3.99. The molecule has 0 amide bonds. The van der Waals surface area contributed by atoms with E-state index in [4.69, 9.17) is 0 Å². The van der Waals surface area contributed by atoms with Gasteiger partial charge in [-0.25, -0.2) is 4.39 Å². The van der Waals surface area contributed by atoms with Gasteiger partial charge in [-0.1, -0.05) is 24.3 Å². The molecule has 2 nitrogen and oxygen atoms in total. The van der Waals surface area contributed by atoms with Gasteiger partial charge in [0.15, 0.2) is 0 Å². The number of benzene rings is 2. The summed E-state index contributed by atoms with van der Waals surface area (Å²) in [5.41, 5.74) is 4.73. The van der Waals surface area contributed by atoms with Gasteiger partial charge in [-0.2, -0.15) is 0 Å². The van der Waals surface area contributed by atoms with Crippen molar-refractivity contribution in [2.75, 3.05) is 25.5 Å². The summed E-state index contributed by atoms with van der Waals surface area (Å²) in [4.78, 5) is 2.07. The zero-order chi connectivity index (χ0) is 15.4. The minimum atomic E-state index is -0.202. The number of nitrogens with zero attached hydrogens (tertiary/aromatic N) is 1. The van der Waals surface area contributed by atoms with Crippen LogP contribution in [0.1, 0.15) is 22.7 Å². The topological polar surface area (TPSA) is 15.3 Å². The molecular weight excluding hydrogens is 263 g/mol. The highest BCUT2D eigenvalue weighted by atomic mass is 19.1. The Morgan fingerprint density at radius 2 is 1.86 bits per heavy atom. The Bertz CT molecular complexity index is 610. The number of hydrogen-bond donors (Lipinski definition) is 1. The first kappa shape index (κ1) is 15.5. The smallest absolute Gasteiger partial charge is 0.125 e. The van der Waals surface area contributed by atoms with E-state index in [-0.39, 0.29) is 11.9 Å². The zero-order valence-electron chi connectivity index (χ0n) is 13.2. The van der Waals surface area contributed by atoms with Crippen LogP contribution >= 0.6 is 0 Å². The van der Waals surface area contributed by atoms with Crippen LogP contribution in [-0.4, -0.2) is 20.6 Å². The van der Waals surface area contributed by atoms with E-state index in [1.54, 1.807) is 12.1 Å². The minimum absolute atomic E-state index is 0.202. The number of aryl methyl sites for hydroxylation is 2. The third-order valence-corrected chi connectivity index (χ3v) is 3.99. The van der Waals surface area contributed by atoms with Crippen LogP contribution in [0.15, 0.2) is 42.5 Å². The summed E-state index contributed by atoms with van der Waals surface area (Å²) in [6, 6.07) is 13.4. The molecule has 0 saturated carbocycles. The Balaban J connectivity index is 2.16. The number of anilines is 1. The third kappa shape index (κ3) is 3.82. The van der Waals surface area contributed by atoms with Gasteiger partial charge in [0.1, 0.15) is 5.82 Å². The van der Waals surface area contributed by atoms with Crippen LogP contribution in [-0.2, 0) is 0 Å². The normalized spacial score (nSPS) is 12.2. The number of halogens is 1. The summed E-state index contributed by atoms with van der Waals surface area (Å²) in [7, 11) is 3.94. The lowest BCUT2D eigenvalue weighted by molar-refractivity contribution is 0.586. The Morgan fingerprint density at radius 3 is 2.48 bits per heavy atom. The minimum Gasteiger partial charge on any atom is -0.373 e. The van der Waals surface area contributed by atoms with Crippen LogP contribution in [0.3, 0.4) is 0 Å². The van der Waals surface area contributed by atoms with Crippen LogP contribution in [0.5, 0.6) is 0 Å². The van der Waals surface area contributed by atoms with Gasteiger partial charge < -0.3 is 10.2 Å². The highest BCUT2D eigenvalue weighted by Gasteiger charge is 2.13. The Hall–Kier alpha value is -1.87. The van der Waals surface area contributed by atoms with Gasteiger partial charge in [-0.15, -0.1) is 0 Å². The second-order valence-electron chi connectivity index (χ2n) is 5.55. The maximum atomic E-state index is 13.3. The fourth-order valence-corrected chi connectivity index (χ4v) is 2.44. The van der Waals surface area contributed by atoms with Crippen molar-refractivity contribution in [1.29, 1.82) is 0 Å². The molecule has 112 valence electrons. The van der Waals surface area contributed by atoms with Gasteiger partial charge in [0, 0.05) is 25.3 Å². The Morgan fingerprint density at radius 1 is 1.10 bits per heavy atom. The fraction of sp³-hybridized carbons (Fsp3) is 0.333. The molecular formula is C18H23FN2.